The van der Waals surface area contributed by atoms with Gasteiger partial charge in [0.25, 0.3) is 0 Å². The molecule has 1 aliphatic heterocycles. The summed E-state index contributed by atoms with van der Waals surface area (Å²) >= 11 is 0. The quantitative estimate of drug-likeness (QED) is 0.869. The van der Waals surface area contributed by atoms with E-state index in [-0.39, 0.29) is 11.9 Å². The molecule has 1 saturated carbocycles. The minimum atomic E-state index is -0.449. The summed E-state index contributed by atoms with van der Waals surface area (Å²) in [6.07, 6.45) is 8.51. The third-order valence-corrected chi connectivity index (χ3v) is 4.24. The number of carbonyl (C=O) groups excluding carboxylic acids is 2. The van der Waals surface area contributed by atoms with E-state index in [4.69, 9.17) is 0 Å². The molecule has 3 rings (SSSR count). The van der Waals surface area contributed by atoms with Crippen LogP contribution in [0.1, 0.15) is 32.1 Å². The molecular formula is C16H22N4O2. The number of hydrogen-bond donors (Lipinski definition) is 2. The van der Waals surface area contributed by atoms with E-state index >= 15 is 0 Å². The van der Waals surface area contributed by atoms with E-state index in [2.05, 4.69) is 15.6 Å². The summed E-state index contributed by atoms with van der Waals surface area (Å²) in [4.78, 5) is 30.2. The van der Waals surface area contributed by atoms with Gasteiger partial charge in [-0.3, -0.25) is 9.78 Å². The van der Waals surface area contributed by atoms with Crippen LogP contribution in [0, 0.1) is 5.92 Å². The van der Waals surface area contributed by atoms with Crippen LogP contribution in [0.2, 0.25) is 0 Å². The van der Waals surface area contributed by atoms with Crippen molar-refractivity contribution in [3.05, 3.63) is 24.5 Å². The second kappa shape index (κ2) is 6.77. The van der Waals surface area contributed by atoms with E-state index < -0.39 is 6.04 Å². The maximum absolute atomic E-state index is 12.5. The lowest BCUT2D eigenvalue weighted by Gasteiger charge is -2.32. The van der Waals surface area contributed by atoms with Gasteiger partial charge >= 0.3 is 6.03 Å². The van der Waals surface area contributed by atoms with Crippen molar-refractivity contribution < 1.29 is 9.59 Å². The lowest BCUT2D eigenvalue weighted by atomic mass is 10.0. The molecule has 6 nitrogen and oxygen atoms in total. The van der Waals surface area contributed by atoms with Gasteiger partial charge in [-0.05, 0) is 37.3 Å². The Morgan fingerprint density at radius 3 is 2.95 bits per heavy atom. The third kappa shape index (κ3) is 3.75. The molecule has 1 atom stereocenters. The first-order valence-corrected chi connectivity index (χ1v) is 8.00. The molecule has 2 aliphatic rings. The highest BCUT2D eigenvalue weighted by Gasteiger charge is 2.31. The Morgan fingerprint density at radius 2 is 2.23 bits per heavy atom. The fourth-order valence-electron chi connectivity index (χ4n) is 2.78. The number of pyridine rings is 1. The van der Waals surface area contributed by atoms with Gasteiger partial charge in [-0.25, -0.2) is 4.79 Å². The summed E-state index contributed by atoms with van der Waals surface area (Å²) in [5.74, 6) is 0.731. The zero-order valence-electron chi connectivity index (χ0n) is 12.6. The highest BCUT2D eigenvalue weighted by Crippen LogP contribution is 2.31. The lowest BCUT2D eigenvalue weighted by molar-refractivity contribution is -0.121. The summed E-state index contributed by atoms with van der Waals surface area (Å²) in [7, 11) is 0. The van der Waals surface area contributed by atoms with E-state index in [1.165, 1.54) is 12.8 Å². The molecule has 0 unspecified atom stereocenters. The van der Waals surface area contributed by atoms with Crippen molar-refractivity contribution in [1.82, 2.24) is 15.6 Å². The van der Waals surface area contributed by atoms with Gasteiger partial charge in [-0.1, -0.05) is 12.8 Å². The normalized spacial score (nSPS) is 21.5. The first kappa shape index (κ1) is 14.8. The van der Waals surface area contributed by atoms with Gasteiger partial charge in [-0.15, -0.1) is 0 Å². The van der Waals surface area contributed by atoms with Gasteiger partial charge in [0, 0.05) is 19.3 Å². The molecule has 118 valence electrons. The average molecular weight is 302 g/mol. The first-order valence-electron chi connectivity index (χ1n) is 8.00. The Hall–Kier alpha value is -2.11. The molecule has 3 amide bonds. The molecule has 2 heterocycles. The maximum Gasteiger partial charge on any atom is 0.315 e. The number of urea groups is 1. The topological polar surface area (TPSA) is 74.3 Å². The van der Waals surface area contributed by atoms with Gasteiger partial charge in [0.1, 0.15) is 6.04 Å². The van der Waals surface area contributed by atoms with Crippen molar-refractivity contribution in [1.29, 1.82) is 0 Å². The van der Waals surface area contributed by atoms with Crippen molar-refractivity contribution >= 4 is 17.6 Å². The first-order chi connectivity index (χ1) is 10.7. The van der Waals surface area contributed by atoms with E-state index in [1.54, 1.807) is 17.3 Å². The Morgan fingerprint density at radius 1 is 1.36 bits per heavy atom. The van der Waals surface area contributed by atoms with Gasteiger partial charge < -0.3 is 15.5 Å². The smallest absolute Gasteiger partial charge is 0.315 e. The molecule has 0 spiro atoms. The largest absolute Gasteiger partial charge is 0.338 e. The molecule has 6 heteroatoms. The predicted molar refractivity (Wildman–Crippen MR) is 83.5 cm³/mol. The van der Waals surface area contributed by atoms with Crippen molar-refractivity contribution in [2.75, 3.05) is 18.0 Å². The molecule has 1 aromatic rings. The molecule has 2 N–H and O–H groups in total. The fourth-order valence-corrected chi connectivity index (χ4v) is 2.78. The molecule has 0 aromatic carbocycles. The van der Waals surface area contributed by atoms with Gasteiger partial charge in [0.05, 0.1) is 11.9 Å². The number of hydrogen-bond acceptors (Lipinski definition) is 3. The van der Waals surface area contributed by atoms with Gasteiger partial charge in [0.2, 0.25) is 5.91 Å². The molecular weight excluding hydrogens is 280 g/mol. The number of piperidine rings is 1. The zero-order chi connectivity index (χ0) is 15.4. The van der Waals surface area contributed by atoms with E-state index in [0.29, 0.717) is 19.5 Å². The van der Waals surface area contributed by atoms with E-state index in [9.17, 15) is 9.59 Å². The van der Waals surface area contributed by atoms with Crippen LogP contribution >= 0.6 is 0 Å². The van der Waals surface area contributed by atoms with Crippen LogP contribution in [-0.4, -0.2) is 36.1 Å². The average Bonchev–Trinajstić information content (AvgIpc) is 3.34. The van der Waals surface area contributed by atoms with Crippen LogP contribution in [0.5, 0.6) is 0 Å². The number of carbonyl (C=O) groups is 2. The number of amides is 3. The monoisotopic (exact) mass is 302 g/mol. The molecule has 22 heavy (non-hydrogen) atoms. The molecule has 0 radical (unpaired) electrons. The third-order valence-electron chi connectivity index (χ3n) is 4.24. The number of nitrogens with one attached hydrogen (secondary N) is 2. The lowest BCUT2D eigenvalue weighted by Crippen LogP contribution is -2.54. The predicted octanol–water partition coefficient (Wildman–Crippen LogP) is 1.68. The highest BCUT2D eigenvalue weighted by atomic mass is 16.2. The minimum Gasteiger partial charge on any atom is -0.338 e. The van der Waals surface area contributed by atoms with Gasteiger partial charge in [-0.2, -0.15) is 0 Å². The molecule has 0 bridgehead atoms. The summed E-state index contributed by atoms with van der Waals surface area (Å²) in [5.41, 5.74) is 0.785. The van der Waals surface area contributed by atoms with Crippen LogP contribution in [0.3, 0.4) is 0 Å². The van der Waals surface area contributed by atoms with Crippen LogP contribution in [0.15, 0.2) is 24.5 Å². The van der Waals surface area contributed by atoms with E-state index in [1.807, 2.05) is 12.1 Å². The second-order valence-electron chi connectivity index (χ2n) is 6.03. The van der Waals surface area contributed by atoms with Crippen molar-refractivity contribution in [3.63, 3.8) is 0 Å². The van der Waals surface area contributed by atoms with Crippen molar-refractivity contribution in [2.45, 2.75) is 38.1 Å². The van der Waals surface area contributed by atoms with Gasteiger partial charge in [0.15, 0.2) is 0 Å². The minimum absolute atomic E-state index is 0.0587. The van der Waals surface area contributed by atoms with Crippen LogP contribution in [-0.2, 0) is 4.79 Å². The Bertz CT molecular complexity index is 530. The van der Waals surface area contributed by atoms with Crippen molar-refractivity contribution in [3.8, 4) is 0 Å². The summed E-state index contributed by atoms with van der Waals surface area (Å²) in [6, 6.07) is 2.98. The number of nitrogens with zero attached hydrogens (tertiary/aromatic N) is 2. The molecule has 1 aromatic heterocycles. The summed E-state index contributed by atoms with van der Waals surface area (Å²) in [5, 5.41) is 5.64. The Kier molecular flexibility index (Phi) is 4.56. The molecule has 1 saturated heterocycles. The van der Waals surface area contributed by atoms with Crippen LogP contribution in [0.4, 0.5) is 10.5 Å². The SMILES string of the molecule is O=C(NCCC1CC1)N[C@H]1CCCN(c2cccnc2)C1=O. The summed E-state index contributed by atoms with van der Waals surface area (Å²) in [6.45, 7) is 1.36. The van der Waals surface area contributed by atoms with Crippen LogP contribution < -0.4 is 15.5 Å². The standard InChI is InChI=1S/C16H22N4O2/c21-15-14(19-16(22)18-9-7-12-5-6-12)4-2-10-20(15)13-3-1-8-17-11-13/h1,3,8,11-12,14H,2,4-7,9-10H2,(H2,18,19,22)/t14-/m0/s1. The number of rotatable bonds is 5. The van der Waals surface area contributed by atoms with E-state index in [0.717, 1.165) is 24.4 Å². The highest BCUT2D eigenvalue weighted by molar-refractivity contribution is 5.99. The molecule has 1 aliphatic carbocycles. The Labute approximate surface area is 130 Å². The summed E-state index contributed by atoms with van der Waals surface area (Å²) < 4.78 is 0. The second-order valence-corrected chi connectivity index (χ2v) is 6.03. The van der Waals surface area contributed by atoms with Crippen LogP contribution in [0.25, 0.3) is 0 Å². The fraction of sp³-hybridized carbons (Fsp3) is 0.562. The molecule has 2 fully saturated rings. The zero-order valence-corrected chi connectivity index (χ0v) is 12.6. The Balaban J connectivity index is 1.52. The maximum atomic E-state index is 12.5. The van der Waals surface area contributed by atoms with Crippen molar-refractivity contribution in [2.24, 2.45) is 5.92 Å². The number of anilines is 1. The number of aromatic nitrogens is 1.